The summed E-state index contributed by atoms with van der Waals surface area (Å²) in [5.74, 6) is -1.12. The average molecular weight is 370 g/mol. The summed E-state index contributed by atoms with van der Waals surface area (Å²) in [5.41, 5.74) is 0.909. The topological polar surface area (TPSA) is 78.4 Å². The van der Waals surface area contributed by atoms with E-state index in [0.29, 0.717) is 11.4 Å². The molecule has 0 aromatic heterocycles. The number of anilines is 2. The van der Waals surface area contributed by atoms with Crippen LogP contribution in [0.3, 0.4) is 0 Å². The smallest absolute Gasteiger partial charge is 0.335 e. The van der Waals surface area contributed by atoms with Crippen LogP contribution in [-0.4, -0.2) is 17.1 Å². The third kappa shape index (κ3) is 4.47. The van der Waals surface area contributed by atoms with Gasteiger partial charge in [-0.15, -0.1) is 0 Å². The zero-order valence-corrected chi connectivity index (χ0v) is 12.9. The quantitative estimate of drug-likeness (QED) is 0.748. The Morgan fingerprint density at radius 3 is 2.24 bits per heavy atom. The maximum atomic E-state index is 11.8. The Kier molecular flexibility index (Phi) is 4.82. The molecule has 0 saturated heterocycles. The molecule has 21 heavy (non-hydrogen) atoms. The van der Waals surface area contributed by atoms with Crippen molar-refractivity contribution in [2.75, 3.05) is 10.6 Å². The predicted molar refractivity (Wildman–Crippen MR) is 85.2 cm³/mol. The van der Waals surface area contributed by atoms with Crippen LogP contribution in [0.15, 0.2) is 46.9 Å². The zero-order valence-electron chi connectivity index (χ0n) is 10.6. The first-order chi connectivity index (χ1) is 9.94. The van der Waals surface area contributed by atoms with Crippen LogP contribution in [-0.2, 0) is 0 Å². The van der Waals surface area contributed by atoms with E-state index >= 15 is 0 Å². The molecule has 3 N–H and O–H groups in total. The van der Waals surface area contributed by atoms with Gasteiger partial charge in [0.2, 0.25) is 0 Å². The first kappa shape index (κ1) is 15.3. The summed E-state index contributed by atoms with van der Waals surface area (Å²) in [6, 6.07) is 10.6. The molecule has 0 saturated carbocycles. The molecule has 0 atom stereocenters. The van der Waals surface area contributed by atoms with Crippen molar-refractivity contribution in [3.63, 3.8) is 0 Å². The fraction of sp³-hybridized carbons (Fsp3) is 0. The third-order valence-corrected chi connectivity index (χ3v) is 3.25. The molecular weight excluding hydrogens is 360 g/mol. The zero-order chi connectivity index (χ0) is 15.4. The van der Waals surface area contributed by atoms with E-state index in [1.54, 1.807) is 24.3 Å². The van der Waals surface area contributed by atoms with Gasteiger partial charge in [-0.25, -0.2) is 9.59 Å². The van der Waals surface area contributed by atoms with Crippen LogP contribution in [0.4, 0.5) is 16.2 Å². The molecular formula is C14H10BrClN2O3. The number of hydrogen-bond acceptors (Lipinski definition) is 2. The first-order valence-corrected chi connectivity index (χ1v) is 6.98. The van der Waals surface area contributed by atoms with Crippen LogP contribution in [0.2, 0.25) is 5.02 Å². The van der Waals surface area contributed by atoms with Crippen molar-refractivity contribution in [2.24, 2.45) is 0 Å². The van der Waals surface area contributed by atoms with Crippen molar-refractivity contribution in [1.29, 1.82) is 0 Å². The van der Waals surface area contributed by atoms with Crippen molar-refractivity contribution in [3.05, 3.63) is 57.5 Å². The second kappa shape index (κ2) is 6.60. The number of carbonyl (C=O) groups excluding carboxylic acids is 1. The fourth-order valence-electron chi connectivity index (χ4n) is 1.61. The largest absolute Gasteiger partial charge is 0.478 e. The minimum atomic E-state index is -1.12. The van der Waals surface area contributed by atoms with Crippen LogP contribution in [0, 0.1) is 0 Å². The number of carboxylic acids is 1. The number of carbonyl (C=O) groups is 2. The van der Waals surface area contributed by atoms with Crippen LogP contribution in [0.5, 0.6) is 0 Å². The fourth-order valence-corrected chi connectivity index (χ4v) is 2.11. The highest BCUT2D eigenvalue weighted by Crippen LogP contribution is 2.20. The van der Waals surface area contributed by atoms with Crippen molar-refractivity contribution >= 4 is 50.9 Å². The molecule has 0 aliphatic rings. The number of amides is 2. The summed E-state index contributed by atoms with van der Waals surface area (Å²) in [4.78, 5) is 22.8. The number of rotatable bonds is 3. The third-order valence-electron chi connectivity index (χ3n) is 2.50. The molecule has 7 heteroatoms. The molecule has 0 heterocycles. The lowest BCUT2D eigenvalue weighted by atomic mass is 10.2. The lowest BCUT2D eigenvalue weighted by Crippen LogP contribution is -2.19. The van der Waals surface area contributed by atoms with Crippen molar-refractivity contribution in [2.45, 2.75) is 0 Å². The van der Waals surface area contributed by atoms with Crippen LogP contribution >= 0.6 is 27.5 Å². The van der Waals surface area contributed by atoms with Gasteiger partial charge in [-0.05, 0) is 42.5 Å². The highest BCUT2D eigenvalue weighted by Gasteiger charge is 2.08. The summed E-state index contributed by atoms with van der Waals surface area (Å²) in [6.45, 7) is 0. The second-order valence-corrected chi connectivity index (χ2v) is 5.47. The minimum Gasteiger partial charge on any atom is -0.478 e. The van der Waals surface area contributed by atoms with Gasteiger partial charge in [0.15, 0.2) is 0 Å². The number of carboxylic acid groups (broad SMARTS) is 1. The monoisotopic (exact) mass is 368 g/mol. The molecule has 2 rings (SSSR count). The molecule has 0 aliphatic carbocycles. The van der Waals surface area contributed by atoms with Gasteiger partial charge in [-0.2, -0.15) is 0 Å². The lowest BCUT2D eigenvalue weighted by Gasteiger charge is -2.09. The second-order valence-electron chi connectivity index (χ2n) is 4.12. The van der Waals surface area contributed by atoms with Gasteiger partial charge in [0, 0.05) is 20.9 Å². The number of hydrogen-bond donors (Lipinski definition) is 3. The van der Waals surface area contributed by atoms with E-state index < -0.39 is 12.0 Å². The summed E-state index contributed by atoms with van der Waals surface area (Å²) < 4.78 is 0.898. The highest BCUT2D eigenvalue weighted by molar-refractivity contribution is 9.10. The summed E-state index contributed by atoms with van der Waals surface area (Å²) in [7, 11) is 0. The Bertz CT molecular complexity index is 689. The number of aromatic carboxylic acids is 1. The molecule has 0 radical (unpaired) electrons. The number of benzene rings is 2. The molecule has 2 amide bonds. The molecule has 2 aromatic carbocycles. The number of halogens is 2. The van der Waals surface area contributed by atoms with E-state index in [4.69, 9.17) is 16.7 Å². The first-order valence-electron chi connectivity index (χ1n) is 5.81. The lowest BCUT2D eigenvalue weighted by molar-refractivity contribution is 0.0697. The van der Waals surface area contributed by atoms with Crippen molar-refractivity contribution in [3.8, 4) is 0 Å². The Morgan fingerprint density at radius 2 is 1.62 bits per heavy atom. The molecule has 0 fully saturated rings. The SMILES string of the molecule is O=C(Nc1ccc(Br)cc1)Nc1cc(Cl)cc(C(=O)O)c1. The Hall–Kier alpha value is -2.05. The average Bonchev–Trinajstić information content (AvgIpc) is 2.40. The van der Waals surface area contributed by atoms with Crippen LogP contribution in [0.1, 0.15) is 10.4 Å². The standard InChI is InChI=1S/C14H10BrClN2O3/c15-9-1-3-11(4-2-9)17-14(21)18-12-6-8(13(19)20)5-10(16)7-12/h1-7H,(H,19,20)(H2,17,18,21). The van der Waals surface area contributed by atoms with Gasteiger partial charge < -0.3 is 15.7 Å². The molecule has 2 aromatic rings. The molecule has 0 spiro atoms. The minimum absolute atomic E-state index is 0.00133. The van der Waals surface area contributed by atoms with E-state index in [-0.39, 0.29) is 10.6 Å². The highest BCUT2D eigenvalue weighted by atomic mass is 79.9. The molecule has 5 nitrogen and oxygen atoms in total. The Morgan fingerprint density at radius 1 is 1.00 bits per heavy atom. The van der Waals surface area contributed by atoms with E-state index in [1.165, 1.54) is 18.2 Å². The Labute approximate surface area is 134 Å². The molecule has 108 valence electrons. The van der Waals surface area contributed by atoms with Gasteiger partial charge in [0.1, 0.15) is 0 Å². The van der Waals surface area contributed by atoms with E-state index in [9.17, 15) is 9.59 Å². The maximum absolute atomic E-state index is 11.8. The summed E-state index contributed by atoms with van der Waals surface area (Å²) >= 11 is 9.11. The molecule has 0 bridgehead atoms. The van der Waals surface area contributed by atoms with Gasteiger partial charge >= 0.3 is 12.0 Å². The molecule has 0 aliphatic heterocycles. The van der Waals surface area contributed by atoms with E-state index in [0.717, 1.165) is 4.47 Å². The predicted octanol–water partition coefficient (Wildman–Crippen LogP) is 4.44. The van der Waals surface area contributed by atoms with Gasteiger partial charge in [-0.1, -0.05) is 27.5 Å². The number of urea groups is 1. The van der Waals surface area contributed by atoms with Gasteiger partial charge in [0.05, 0.1) is 5.56 Å². The van der Waals surface area contributed by atoms with Gasteiger partial charge in [-0.3, -0.25) is 0 Å². The number of nitrogens with one attached hydrogen (secondary N) is 2. The van der Waals surface area contributed by atoms with Crippen LogP contribution in [0.25, 0.3) is 0 Å². The summed E-state index contributed by atoms with van der Waals surface area (Å²) in [6.07, 6.45) is 0. The normalized spacial score (nSPS) is 10.0. The Balaban J connectivity index is 2.09. The van der Waals surface area contributed by atoms with E-state index in [1.807, 2.05) is 0 Å². The van der Waals surface area contributed by atoms with Crippen molar-refractivity contribution < 1.29 is 14.7 Å². The van der Waals surface area contributed by atoms with Gasteiger partial charge in [0.25, 0.3) is 0 Å². The van der Waals surface area contributed by atoms with Crippen molar-refractivity contribution in [1.82, 2.24) is 0 Å². The van der Waals surface area contributed by atoms with E-state index in [2.05, 4.69) is 26.6 Å². The maximum Gasteiger partial charge on any atom is 0.335 e. The molecule has 0 unspecified atom stereocenters. The van der Waals surface area contributed by atoms with Crippen LogP contribution < -0.4 is 10.6 Å². The summed E-state index contributed by atoms with van der Waals surface area (Å²) in [5, 5.41) is 14.3.